The van der Waals surface area contributed by atoms with Crippen molar-refractivity contribution in [2.75, 3.05) is 13.3 Å². The Labute approximate surface area is 153 Å². The van der Waals surface area contributed by atoms with Gasteiger partial charge in [-0.05, 0) is 35.6 Å². The lowest BCUT2D eigenvalue weighted by molar-refractivity contribution is 0.0909. The van der Waals surface area contributed by atoms with Crippen molar-refractivity contribution in [1.29, 1.82) is 0 Å². The van der Waals surface area contributed by atoms with Gasteiger partial charge in [0.15, 0.2) is 0 Å². The molecule has 4 nitrogen and oxygen atoms in total. The minimum atomic E-state index is -0.294. The molecule has 1 aliphatic rings. The van der Waals surface area contributed by atoms with E-state index in [1.807, 2.05) is 18.2 Å². The van der Waals surface area contributed by atoms with Gasteiger partial charge in [0.1, 0.15) is 18.1 Å². The van der Waals surface area contributed by atoms with Crippen molar-refractivity contribution in [2.45, 2.75) is 32.7 Å². The van der Waals surface area contributed by atoms with Crippen molar-refractivity contribution in [3.05, 3.63) is 75.6 Å². The third-order valence-electron chi connectivity index (χ3n) is 5.12. The predicted molar refractivity (Wildman–Crippen MR) is 103 cm³/mol. The maximum absolute atomic E-state index is 12.0. The first kappa shape index (κ1) is 16.9. The lowest BCUT2D eigenvalue weighted by Crippen LogP contribution is -2.34. The molecule has 0 spiro atoms. The Morgan fingerprint density at radius 2 is 1.96 bits per heavy atom. The van der Waals surface area contributed by atoms with Crippen LogP contribution in [0.3, 0.4) is 0 Å². The molecule has 0 bridgehead atoms. The van der Waals surface area contributed by atoms with Gasteiger partial charge in [-0.15, -0.1) is 0 Å². The van der Waals surface area contributed by atoms with E-state index in [1.165, 1.54) is 5.56 Å². The molecule has 0 radical (unpaired) electrons. The predicted octanol–water partition coefficient (Wildman–Crippen LogP) is 4.31. The van der Waals surface area contributed by atoms with Crippen LogP contribution in [0.4, 0.5) is 0 Å². The molecule has 0 amide bonds. The molecule has 1 aliphatic heterocycles. The van der Waals surface area contributed by atoms with Gasteiger partial charge in [0.05, 0.1) is 5.56 Å². The summed E-state index contributed by atoms with van der Waals surface area (Å²) in [6.45, 7) is 6.44. The first-order valence-electron chi connectivity index (χ1n) is 9.14. The van der Waals surface area contributed by atoms with E-state index in [4.69, 9.17) is 9.15 Å². The SMILES string of the molecule is CCc1cc(=O)oc2c3c(ccc12)OCN(C[C@H](C)c1ccccc1)C3. The van der Waals surface area contributed by atoms with Crippen molar-refractivity contribution < 1.29 is 9.15 Å². The summed E-state index contributed by atoms with van der Waals surface area (Å²) < 4.78 is 11.5. The Bertz CT molecular complexity index is 978. The summed E-state index contributed by atoms with van der Waals surface area (Å²) in [5.41, 5.74) is 3.69. The van der Waals surface area contributed by atoms with Gasteiger partial charge in [0.2, 0.25) is 0 Å². The molecule has 1 aromatic heterocycles. The number of benzene rings is 2. The van der Waals surface area contributed by atoms with Crippen LogP contribution in [0.5, 0.6) is 5.75 Å². The van der Waals surface area contributed by atoms with Crippen molar-refractivity contribution >= 4 is 11.0 Å². The standard InChI is InChI=1S/C22H23NO3/c1-3-16-11-21(24)26-22-18(16)9-10-20-19(22)13-23(14-25-20)12-15(2)17-7-5-4-6-8-17/h4-11,15H,3,12-14H2,1-2H3/t15-/m0/s1. The molecule has 2 heterocycles. The minimum Gasteiger partial charge on any atom is -0.478 e. The highest BCUT2D eigenvalue weighted by atomic mass is 16.5. The second-order valence-corrected chi connectivity index (χ2v) is 6.96. The Morgan fingerprint density at radius 1 is 1.15 bits per heavy atom. The van der Waals surface area contributed by atoms with Crippen LogP contribution in [0, 0.1) is 0 Å². The molecule has 2 aromatic carbocycles. The van der Waals surface area contributed by atoms with E-state index in [2.05, 4.69) is 43.0 Å². The maximum atomic E-state index is 12.0. The lowest BCUT2D eigenvalue weighted by atomic mass is 9.99. The molecule has 4 rings (SSSR count). The largest absolute Gasteiger partial charge is 0.478 e. The minimum absolute atomic E-state index is 0.294. The number of ether oxygens (including phenoxy) is 1. The Hall–Kier alpha value is -2.59. The highest BCUT2D eigenvalue weighted by Crippen LogP contribution is 2.33. The van der Waals surface area contributed by atoms with Gasteiger partial charge in [-0.3, -0.25) is 4.90 Å². The van der Waals surface area contributed by atoms with E-state index in [1.54, 1.807) is 6.07 Å². The van der Waals surface area contributed by atoms with Gasteiger partial charge in [-0.1, -0.05) is 44.2 Å². The van der Waals surface area contributed by atoms with E-state index in [9.17, 15) is 4.79 Å². The van der Waals surface area contributed by atoms with E-state index in [-0.39, 0.29) is 5.63 Å². The summed E-state index contributed by atoms with van der Waals surface area (Å²) in [6.07, 6.45) is 0.802. The molecule has 3 aromatic rings. The molecule has 26 heavy (non-hydrogen) atoms. The van der Waals surface area contributed by atoms with Gasteiger partial charge < -0.3 is 9.15 Å². The van der Waals surface area contributed by atoms with Gasteiger partial charge in [-0.2, -0.15) is 0 Å². The fraction of sp³-hybridized carbons (Fsp3) is 0.318. The molecule has 0 aliphatic carbocycles. The second kappa shape index (κ2) is 6.96. The molecule has 0 N–H and O–H groups in total. The van der Waals surface area contributed by atoms with Crippen LogP contribution in [0.25, 0.3) is 11.0 Å². The summed E-state index contributed by atoms with van der Waals surface area (Å²) >= 11 is 0. The number of rotatable bonds is 4. The fourth-order valence-corrected chi connectivity index (χ4v) is 3.73. The quantitative estimate of drug-likeness (QED) is 0.658. The van der Waals surface area contributed by atoms with Gasteiger partial charge in [-0.25, -0.2) is 4.79 Å². The third-order valence-corrected chi connectivity index (χ3v) is 5.12. The highest BCUT2D eigenvalue weighted by molar-refractivity contribution is 5.85. The van der Waals surface area contributed by atoms with Gasteiger partial charge >= 0.3 is 5.63 Å². The van der Waals surface area contributed by atoms with Gasteiger partial charge in [0.25, 0.3) is 0 Å². The van der Waals surface area contributed by atoms with E-state index >= 15 is 0 Å². The van der Waals surface area contributed by atoms with Crippen molar-refractivity contribution in [3.8, 4) is 5.75 Å². The molecule has 134 valence electrons. The van der Waals surface area contributed by atoms with Crippen LogP contribution in [0.1, 0.15) is 36.5 Å². The molecule has 1 atom stereocenters. The lowest BCUT2D eigenvalue weighted by Gasteiger charge is -2.31. The van der Waals surface area contributed by atoms with E-state index < -0.39 is 0 Å². The van der Waals surface area contributed by atoms with Crippen molar-refractivity contribution in [1.82, 2.24) is 4.90 Å². The summed E-state index contributed by atoms with van der Waals surface area (Å²) in [7, 11) is 0. The van der Waals surface area contributed by atoms with Crippen LogP contribution in [-0.4, -0.2) is 18.2 Å². The van der Waals surface area contributed by atoms with Crippen molar-refractivity contribution in [2.24, 2.45) is 0 Å². The Kier molecular flexibility index (Phi) is 4.51. The van der Waals surface area contributed by atoms with Crippen LogP contribution < -0.4 is 10.4 Å². The monoisotopic (exact) mass is 349 g/mol. The second-order valence-electron chi connectivity index (χ2n) is 6.96. The Balaban J connectivity index is 1.65. The average molecular weight is 349 g/mol. The maximum Gasteiger partial charge on any atom is 0.336 e. The zero-order valence-electron chi connectivity index (χ0n) is 15.2. The molecule has 0 unspecified atom stereocenters. The molecule has 0 fully saturated rings. The summed E-state index contributed by atoms with van der Waals surface area (Å²) in [5, 5.41) is 1.01. The molecular formula is C22H23NO3. The number of fused-ring (bicyclic) bond motifs is 3. The zero-order chi connectivity index (χ0) is 18.1. The average Bonchev–Trinajstić information content (AvgIpc) is 2.68. The summed E-state index contributed by atoms with van der Waals surface area (Å²) in [6, 6.07) is 16.1. The van der Waals surface area contributed by atoms with Crippen molar-refractivity contribution in [3.63, 3.8) is 0 Å². The molecule has 0 saturated carbocycles. The number of aryl methyl sites for hydroxylation is 1. The Morgan fingerprint density at radius 3 is 2.73 bits per heavy atom. The van der Waals surface area contributed by atoms with Crippen LogP contribution in [0.15, 0.2) is 57.7 Å². The van der Waals surface area contributed by atoms with Crippen LogP contribution in [0.2, 0.25) is 0 Å². The molecule has 4 heteroatoms. The fourth-order valence-electron chi connectivity index (χ4n) is 3.73. The van der Waals surface area contributed by atoms with E-state index in [0.29, 0.717) is 18.2 Å². The zero-order valence-corrected chi connectivity index (χ0v) is 15.2. The smallest absolute Gasteiger partial charge is 0.336 e. The topological polar surface area (TPSA) is 42.7 Å². The van der Waals surface area contributed by atoms with Crippen LogP contribution >= 0.6 is 0 Å². The highest BCUT2D eigenvalue weighted by Gasteiger charge is 2.23. The normalized spacial score (nSPS) is 15.5. The van der Waals surface area contributed by atoms with E-state index in [0.717, 1.165) is 41.8 Å². The van der Waals surface area contributed by atoms with Crippen LogP contribution in [-0.2, 0) is 13.0 Å². The first-order chi connectivity index (χ1) is 12.7. The summed E-state index contributed by atoms with van der Waals surface area (Å²) in [5.74, 6) is 1.21. The third kappa shape index (κ3) is 3.13. The van der Waals surface area contributed by atoms with Gasteiger partial charge in [0, 0.05) is 24.5 Å². The number of hydrogen-bond acceptors (Lipinski definition) is 4. The molecular weight excluding hydrogens is 326 g/mol. The summed E-state index contributed by atoms with van der Waals surface area (Å²) in [4.78, 5) is 14.2. The number of hydrogen-bond donors (Lipinski definition) is 0. The number of nitrogens with zero attached hydrogens (tertiary/aromatic N) is 1. The molecule has 0 saturated heterocycles. The first-order valence-corrected chi connectivity index (χ1v) is 9.14.